The minimum atomic E-state index is -0.613. The summed E-state index contributed by atoms with van der Waals surface area (Å²) in [5, 5.41) is 11.9. The molecule has 26 heavy (non-hydrogen) atoms. The van der Waals surface area contributed by atoms with Gasteiger partial charge in [0.05, 0.1) is 16.9 Å². The summed E-state index contributed by atoms with van der Waals surface area (Å²) < 4.78 is 0. The molecular formula is C18H16N4O4. The molecule has 0 saturated carbocycles. The average molecular weight is 352 g/mol. The molecular weight excluding hydrogens is 336 g/mol. The number of nitro groups is 1. The second-order valence-electron chi connectivity index (χ2n) is 5.75. The maximum absolute atomic E-state index is 12.2. The van der Waals surface area contributed by atoms with Crippen molar-refractivity contribution in [2.45, 2.75) is 13.3 Å². The van der Waals surface area contributed by atoms with Crippen LogP contribution in [0, 0.1) is 17.0 Å². The quantitative estimate of drug-likeness (QED) is 0.493. The van der Waals surface area contributed by atoms with Crippen molar-refractivity contribution in [3.8, 4) is 0 Å². The Morgan fingerprint density at radius 2 is 1.88 bits per heavy atom. The van der Waals surface area contributed by atoms with Gasteiger partial charge < -0.3 is 4.98 Å². The molecule has 0 spiro atoms. The van der Waals surface area contributed by atoms with E-state index in [9.17, 15) is 19.7 Å². The van der Waals surface area contributed by atoms with Gasteiger partial charge in [-0.1, -0.05) is 24.3 Å². The fourth-order valence-corrected chi connectivity index (χ4v) is 2.76. The molecule has 2 amide bonds. The number of nitrogens with zero attached hydrogens (tertiary/aromatic N) is 1. The van der Waals surface area contributed by atoms with Crippen molar-refractivity contribution in [1.29, 1.82) is 0 Å². The van der Waals surface area contributed by atoms with Gasteiger partial charge in [0.15, 0.2) is 0 Å². The number of aromatic amines is 1. The number of H-pyrrole nitrogens is 1. The van der Waals surface area contributed by atoms with Crippen LogP contribution in [0.15, 0.2) is 48.7 Å². The molecule has 0 aliphatic heterocycles. The molecule has 1 aromatic heterocycles. The van der Waals surface area contributed by atoms with Crippen molar-refractivity contribution in [3.05, 3.63) is 75.5 Å². The topological polar surface area (TPSA) is 117 Å². The summed E-state index contributed by atoms with van der Waals surface area (Å²) in [7, 11) is 0. The highest BCUT2D eigenvalue weighted by atomic mass is 16.6. The van der Waals surface area contributed by atoms with Gasteiger partial charge in [-0.15, -0.1) is 0 Å². The van der Waals surface area contributed by atoms with E-state index in [2.05, 4.69) is 15.8 Å². The summed E-state index contributed by atoms with van der Waals surface area (Å²) in [5.41, 5.74) is 6.58. The molecule has 0 radical (unpaired) electrons. The summed E-state index contributed by atoms with van der Waals surface area (Å²) in [6.07, 6.45) is 1.83. The van der Waals surface area contributed by atoms with Gasteiger partial charge in [0.1, 0.15) is 0 Å². The molecule has 132 valence electrons. The van der Waals surface area contributed by atoms with E-state index in [1.54, 1.807) is 6.20 Å². The molecule has 0 aliphatic carbocycles. The van der Waals surface area contributed by atoms with Gasteiger partial charge >= 0.3 is 0 Å². The highest BCUT2D eigenvalue weighted by molar-refractivity contribution is 5.98. The van der Waals surface area contributed by atoms with Gasteiger partial charge in [0, 0.05) is 28.7 Å². The number of nitrogens with one attached hydrogen (secondary N) is 3. The summed E-state index contributed by atoms with van der Waals surface area (Å²) in [4.78, 5) is 37.8. The van der Waals surface area contributed by atoms with E-state index in [4.69, 9.17) is 0 Å². The van der Waals surface area contributed by atoms with Crippen molar-refractivity contribution in [3.63, 3.8) is 0 Å². The van der Waals surface area contributed by atoms with Crippen LogP contribution in [-0.2, 0) is 11.2 Å². The predicted octanol–water partition coefficient (Wildman–Crippen LogP) is 2.39. The Morgan fingerprint density at radius 1 is 1.12 bits per heavy atom. The second-order valence-corrected chi connectivity index (χ2v) is 5.75. The smallest absolute Gasteiger partial charge is 0.273 e. The molecule has 2 aromatic carbocycles. The van der Waals surface area contributed by atoms with Gasteiger partial charge in [-0.3, -0.25) is 30.6 Å². The number of para-hydroxylation sites is 1. The molecule has 0 unspecified atom stereocenters. The van der Waals surface area contributed by atoms with Crippen LogP contribution >= 0.6 is 0 Å². The minimum Gasteiger partial charge on any atom is -0.361 e. The Balaban J connectivity index is 1.65. The fourth-order valence-electron chi connectivity index (χ4n) is 2.76. The first-order chi connectivity index (χ1) is 12.5. The first-order valence-corrected chi connectivity index (χ1v) is 7.85. The van der Waals surface area contributed by atoms with Crippen LogP contribution in [0.2, 0.25) is 0 Å². The van der Waals surface area contributed by atoms with E-state index in [1.165, 1.54) is 25.1 Å². The van der Waals surface area contributed by atoms with Crippen LogP contribution in [0.3, 0.4) is 0 Å². The minimum absolute atomic E-state index is 0.0816. The number of amides is 2. The lowest BCUT2D eigenvalue weighted by atomic mass is 10.1. The Hall–Kier alpha value is -3.68. The van der Waals surface area contributed by atoms with Crippen LogP contribution < -0.4 is 10.9 Å². The summed E-state index contributed by atoms with van der Waals surface area (Å²) in [6, 6.07) is 11.8. The number of hydrogen-bond donors (Lipinski definition) is 3. The third kappa shape index (κ3) is 3.39. The maximum Gasteiger partial charge on any atom is 0.273 e. The Kier molecular flexibility index (Phi) is 4.66. The lowest BCUT2D eigenvalue weighted by molar-refractivity contribution is -0.385. The highest BCUT2D eigenvalue weighted by Gasteiger charge is 2.18. The zero-order valence-corrected chi connectivity index (χ0v) is 13.9. The molecule has 0 atom stereocenters. The number of fused-ring (bicyclic) bond motifs is 1. The molecule has 0 fully saturated rings. The number of hydrazine groups is 1. The standard InChI is InChI=1S/C18H16N4O4/c1-11-13(6-4-8-16(11)22(25)26)18(24)21-20-17(23)9-12-10-19-15-7-3-2-5-14(12)15/h2-8,10,19H,9H2,1H3,(H,20,23)(H,21,24). The summed E-state index contributed by atoms with van der Waals surface area (Å²) in [6.45, 7) is 1.49. The van der Waals surface area contributed by atoms with Crippen molar-refractivity contribution in [2.24, 2.45) is 0 Å². The Labute approximate surface area is 148 Å². The fraction of sp³-hybridized carbons (Fsp3) is 0.111. The number of benzene rings is 2. The van der Waals surface area contributed by atoms with Gasteiger partial charge in [-0.2, -0.15) is 0 Å². The second kappa shape index (κ2) is 7.06. The van der Waals surface area contributed by atoms with Crippen molar-refractivity contribution in [1.82, 2.24) is 15.8 Å². The third-order valence-electron chi connectivity index (χ3n) is 4.09. The molecule has 8 nitrogen and oxygen atoms in total. The van der Waals surface area contributed by atoms with Gasteiger partial charge in [-0.05, 0) is 24.6 Å². The van der Waals surface area contributed by atoms with Gasteiger partial charge in [0.25, 0.3) is 11.6 Å². The molecule has 1 heterocycles. The Morgan fingerprint density at radius 3 is 2.65 bits per heavy atom. The van der Waals surface area contributed by atoms with Crippen molar-refractivity contribution in [2.75, 3.05) is 0 Å². The van der Waals surface area contributed by atoms with E-state index in [0.717, 1.165) is 16.5 Å². The molecule has 8 heteroatoms. The first kappa shape index (κ1) is 17.2. The zero-order valence-electron chi connectivity index (χ0n) is 13.9. The third-order valence-corrected chi connectivity index (χ3v) is 4.09. The normalized spacial score (nSPS) is 10.5. The van der Waals surface area contributed by atoms with Crippen LogP contribution in [0.5, 0.6) is 0 Å². The zero-order chi connectivity index (χ0) is 18.7. The van der Waals surface area contributed by atoms with Crippen molar-refractivity contribution < 1.29 is 14.5 Å². The first-order valence-electron chi connectivity index (χ1n) is 7.85. The number of rotatable bonds is 4. The Bertz CT molecular complexity index is 1010. The number of nitro benzene ring substituents is 1. The van der Waals surface area contributed by atoms with E-state index in [-0.39, 0.29) is 23.2 Å². The molecule has 0 saturated heterocycles. The largest absolute Gasteiger partial charge is 0.361 e. The van der Waals surface area contributed by atoms with E-state index < -0.39 is 16.7 Å². The highest BCUT2D eigenvalue weighted by Crippen LogP contribution is 2.21. The molecule has 3 rings (SSSR count). The SMILES string of the molecule is Cc1c(C(=O)NNC(=O)Cc2c[nH]c3ccccc23)cccc1[N+](=O)[O-]. The maximum atomic E-state index is 12.2. The number of hydrogen-bond acceptors (Lipinski definition) is 4. The van der Waals surface area contributed by atoms with Crippen LogP contribution in [0.1, 0.15) is 21.5 Å². The number of carbonyl (C=O) groups is 2. The monoisotopic (exact) mass is 352 g/mol. The predicted molar refractivity (Wildman–Crippen MR) is 95.4 cm³/mol. The van der Waals surface area contributed by atoms with Crippen LogP contribution in [0.25, 0.3) is 10.9 Å². The van der Waals surface area contributed by atoms with Gasteiger partial charge in [-0.25, -0.2) is 0 Å². The van der Waals surface area contributed by atoms with E-state index >= 15 is 0 Å². The molecule has 3 N–H and O–H groups in total. The molecule has 3 aromatic rings. The summed E-state index contributed by atoms with van der Waals surface area (Å²) >= 11 is 0. The summed E-state index contributed by atoms with van der Waals surface area (Å²) in [5.74, 6) is -1.01. The lowest BCUT2D eigenvalue weighted by Crippen LogP contribution is -2.42. The van der Waals surface area contributed by atoms with Crippen LogP contribution in [-0.4, -0.2) is 21.7 Å². The molecule has 0 aliphatic rings. The van der Waals surface area contributed by atoms with E-state index in [0.29, 0.717) is 0 Å². The average Bonchev–Trinajstić information content (AvgIpc) is 3.02. The number of aromatic nitrogens is 1. The van der Waals surface area contributed by atoms with Crippen molar-refractivity contribution >= 4 is 28.4 Å². The number of carbonyl (C=O) groups excluding carboxylic acids is 2. The lowest BCUT2D eigenvalue weighted by Gasteiger charge is -2.09. The van der Waals surface area contributed by atoms with Gasteiger partial charge in [0.2, 0.25) is 5.91 Å². The molecule has 0 bridgehead atoms. The van der Waals surface area contributed by atoms with Crippen LogP contribution in [0.4, 0.5) is 5.69 Å². The van der Waals surface area contributed by atoms with E-state index in [1.807, 2.05) is 24.3 Å².